The highest BCUT2D eigenvalue weighted by molar-refractivity contribution is 5.80. The van der Waals surface area contributed by atoms with Crippen molar-refractivity contribution in [3.8, 4) is 11.3 Å². The van der Waals surface area contributed by atoms with Gasteiger partial charge in [0.25, 0.3) is 5.56 Å². The molecule has 0 spiro atoms. The Morgan fingerprint density at radius 3 is 2.44 bits per heavy atom. The molecule has 1 amide bonds. The van der Waals surface area contributed by atoms with Crippen LogP contribution in [-0.4, -0.2) is 39.7 Å². The van der Waals surface area contributed by atoms with Crippen molar-refractivity contribution in [1.29, 1.82) is 0 Å². The Bertz CT molecular complexity index is 1110. The van der Waals surface area contributed by atoms with E-state index in [4.69, 9.17) is 0 Å². The Kier molecular flexibility index (Phi) is 6.75. The van der Waals surface area contributed by atoms with Crippen molar-refractivity contribution < 1.29 is 9.18 Å². The van der Waals surface area contributed by atoms with Gasteiger partial charge in [-0.25, -0.2) is 9.07 Å². The lowest BCUT2D eigenvalue weighted by molar-refractivity contribution is -0.125. The molecule has 2 heterocycles. The highest BCUT2D eigenvalue weighted by Gasteiger charge is 2.24. The number of hydrogen-bond acceptors (Lipinski definition) is 4. The maximum atomic E-state index is 13.2. The van der Waals surface area contributed by atoms with E-state index in [9.17, 15) is 14.0 Å². The van der Waals surface area contributed by atoms with Crippen LogP contribution in [0.1, 0.15) is 31.4 Å². The number of halogens is 1. The first-order valence-corrected chi connectivity index (χ1v) is 10.9. The number of hydrogen-bond donors (Lipinski definition) is 1. The molecule has 1 N–H and O–H groups in total. The van der Waals surface area contributed by atoms with Gasteiger partial charge in [0.1, 0.15) is 11.9 Å². The number of likely N-dealkylation sites (tertiary alicyclic amines) is 1. The molecule has 4 rings (SSSR count). The van der Waals surface area contributed by atoms with E-state index in [2.05, 4.69) is 27.4 Å². The summed E-state index contributed by atoms with van der Waals surface area (Å²) in [4.78, 5) is 27.6. The second-order valence-electron chi connectivity index (χ2n) is 8.23. The van der Waals surface area contributed by atoms with Gasteiger partial charge in [0.2, 0.25) is 5.91 Å². The van der Waals surface area contributed by atoms with Crippen LogP contribution in [0.5, 0.6) is 0 Å². The summed E-state index contributed by atoms with van der Waals surface area (Å²) >= 11 is 0. The van der Waals surface area contributed by atoms with Crippen LogP contribution in [0.3, 0.4) is 0 Å². The second kappa shape index (κ2) is 9.87. The number of carbonyl (C=O) groups excluding carboxylic acids is 1. The van der Waals surface area contributed by atoms with Gasteiger partial charge in [-0.15, -0.1) is 0 Å². The van der Waals surface area contributed by atoms with Crippen LogP contribution < -0.4 is 10.9 Å². The molecule has 0 saturated carbocycles. The molecule has 1 unspecified atom stereocenters. The molecule has 1 atom stereocenters. The summed E-state index contributed by atoms with van der Waals surface area (Å²) in [5, 5.41) is 7.44. The van der Waals surface area contributed by atoms with E-state index in [1.165, 1.54) is 28.4 Å². The maximum Gasteiger partial charge on any atom is 0.267 e. The highest BCUT2D eigenvalue weighted by atomic mass is 19.1. The minimum atomic E-state index is -0.745. The predicted molar refractivity (Wildman–Crippen MR) is 121 cm³/mol. The number of piperidine rings is 1. The summed E-state index contributed by atoms with van der Waals surface area (Å²) in [6.45, 7) is 4.40. The summed E-state index contributed by atoms with van der Waals surface area (Å²) in [7, 11) is 0. The largest absolute Gasteiger partial charge is 0.351 e. The monoisotopic (exact) mass is 434 g/mol. The van der Waals surface area contributed by atoms with Crippen LogP contribution in [-0.2, 0) is 11.3 Å². The molecule has 1 aliphatic rings. The van der Waals surface area contributed by atoms with Crippen molar-refractivity contribution in [2.24, 2.45) is 0 Å². The molecular formula is C25H27FN4O2. The Morgan fingerprint density at radius 1 is 1.06 bits per heavy atom. The van der Waals surface area contributed by atoms with Crippen molar-refractivity contribution in [3.63, 3.8) is 0 Å². The smallest absolute Gasteiger partial charge is 0.267 e. The number of nitrogens with one attached hydrogen (secondary N) is 1. The zero-order valence-electron chi connectivity index (χ0n) is 18.1. The summed E-state index contributed by atoms with van der Waals surface area (Å²) in [6.07, 6.45) is 1.73. The van der Waals surface area contributed by atoms with Crippen molar-refractivity contribution in [3.05, 3.63) is 88.5 Å². The lowest BCUT2D eigenvalue weighted by atomic mass is 10.0. The molecule has 1 saturated heterocycles. The highest BCUT2D eigenvalue weighted by Crippen LogP contribution is 2.18. The third-order valence-corrected chi connectivity index (χ3v) is 5.89. The Hall–Kier alpha value is -3.32. The second-order valence-corrected chi connectivity index (χ2v) is 8.23. The molecule has 0 bridgehead atoms. The Labute approximate surface area is 186 Å². The van der Waals surface area contributed by atoms with Gasteiger partial charge in [0.05, 0.1) is 5.69 Å². The maximum absolute atomic E-state index is 13.2. The van der Waals surface area contributed by atoms with Crippen LogP contribution in [0.15, 0.2) is 71.5 Å². The molecule has 7 heteroatoms. The lowest BCUT2D eigenvalue weighted by Crippen LogP contribution is -2.47. The quantitative estimate of drug-likeness (QED) is 0.646. The lowest BCUT2D eigenvalue weighted by Gasteiger charge is -2.33. The van der Waals surface area contributed by atoms with Crippen molar-refractivity contribution in [2.45, 2.75) is 38.4 Å². The Balaban J connectivity index is 1.36. The Morgan fingerprint density at radius 2 is 1.75 bits per heavy atom. The molecule has 166 valence electrons. The molecule has 1 aromatic heterocycles. The van der Waals surface area contributed by atoms with Crippen LogP contribution in [0.25, 0.3) is 11.3 Å². The van der Waals surface area contributed by atoms with E-state index in [0.29, 0.717) is 11.3 Å². The summed E-state index contributed by atoms with van der Waals surface area (Å²) in [5.74, 6) is -0.568. The van der Waals surface area contributed by atoms with E-state index in [1.807, 2.05) is 18.2 Å². The number of nitrogens with zero attached hydrogens (tertiary/aromatic N) is 3. The van der Waals surface area contributed by atoms with E-state index >= 15 is 0 Å². The third-order valence-electron chi connectivity index (χ3n) is 5.89. The number of benzene rings is 2. The first-order chi connectivity index (χ1) is 15.5. The minimum Gasteiger partial charge on any atom is -0.351 e. The topological polar surface area (TPSA) is 67.2 Å². The average Bonchev–Trinajstić information content (AvgIpc) is 2.81. The summed E-state index contributed by atoms with van der Waals surface area (Å²) < 4.78 is 14.4. The summed E-state index contributed by atoms with van der Waals surface area (Å²) in [5.41, 5.74) is 2.13. The van der Waals surface area contributed by atoms with Crippen LogP contribution in [0, 0.1) is 5.82 Å². The normalized spacial score (nSPS) is 15.9. The fraction of sp³-hybridized carbons (Fsp3) is 0.320. The van der Waals surface area contributed by atoms with E-state index in [1.54, 1.807) is 25.1 Å². The standard InChI is InChI=1S/C25H27FN4O2/c1-18(30-24(31)12-11-23(28-30)20-7-9-21(26)10-8-20)25(32)27-22-13-15-29(16-14-22)17-19-5-3-2-4-6-19/h2-12,18,22H,13-17H2,1H3,(H,27,32). The summed E-state index contributed by atoms with van der Waals surface area (Å²) in [6, 6.07) is 18.5. The zero-order chi connectivity index (χ0) is 22.5. The van der Waals surface area contributed by atoms with Crippen molar-refractivity contribution in [2.75, 3.05) is 13.1 Å². The number of amides is 1. The molecule has 2 aromatic carbocycles. The molecule has 0 radical (unpaired) electrons. The van der Waals surface area contributed by atoms with Gasteiger partial charge in [0.15, 0.2) is 0 Å². The van der Waals surface area contributed by atoms with Gasteiger partial charge in [-0.1, -0.05) is 30.3 Å². The van der Waals surface area contributed by atoms with Crippen LogP contribution >= 0.6 is 0 Å². The number of carbonyl (C=O) groups is 1. The van der Waals surface area contributed by atoms with Gasteiger partial charge in [-0.2, -0.15) is 5.10 Å². The first kappa shape index (κ1) is 21.9. The first-order valence-electron chi connectivity index (χ1n) is 10.9. The van der Waals surface area contributed by atoms with Gasteiger partial charge >= 0.3 is 0 Å². The van der Waals surface area contributed by atoms with Crippen LogP contribution in [0.2, 0.25) is 0 Å². The number of rotatable bonds is 6. The third kappa shape index (κ3) is 5.29. The molecule has 32 heavy (non-hydrogen) atoms. The molecular weight excluding hydrogens is 407 g/mol. The van der Waals surface area contributed by atoms with Gasteiger partial charge in [0, 0.05) is 37.3 Å². The fourth-order valence-corrected chi connectivity index (χ4v) is 3.99. The van der Waals surface area contributed by atoms with Gasteiger partial charge < -0.3 is 5.32 Å². The van der Waals surface area contributed by atoms with Gasteiger partial charge in [-0.05, 0) is 55.7 Å². The zero-order valence-corrected chi connectivity index (χ0v) is 18.1. The fourth-order valence-electron chi connectivity index (χ4n) is 3.99. The average molecular weight is 435 g/mol. The molecule has 3 aromatic rings. The SMILES string of the molecule is CC(C(=O)NC1CCN(Cc2ccccc2)CC1)n1nc(-c2ccc(F)cc2)ccc1=O. The van der Waals surface area contributed by atoms with E-state index in [-0.39, 0.29) is 23.3 Å². The van der Waals surface area contributed by atoms with E-state index < -0.39 is 6.04 Å². The molecule has 0 aliphatic carbocycles. The molecule has 1 aliphatic heterocycles. The van der Waals surface area contributed by atoms with Crippen LogP contribution in [0.4, 0.5) is 4.39 Å². The number of aromatic nitrogens is 2. The molecule has 1 fully saturated rings. The van der Waals surface area contributed by atoms with Gasteiger partial charge in [-0.3, -0.25) is 14.5 Å². The van der Waals surface area contributed by atoms with Crippen molar-refractivity contribution >= 4 is 5.91 Å². The minimum absolute atomic E-state index is 0.0768. The predicted octanol–water partition coefficient (Wildman–Crippen LogP) is 3.39. The molecule has 6 nitrogen and oxygen atoms in total. The van der Waals surface area contributed by atoms with E-state index in [0.717, 1.165) is 32.5 Å². The van der Waals surface area contributed by atoms with Crippen molar-refractivity contribution in [1.82, 2.24) is 20.0 Å².